The molecule has 90 valence electrons. The van der Waals surface area contributed by atoms with Crippen LogP contribution in [0.15, 0.2) is 60.7 Å². The van der Waals surface area contributed by atoms with Crippen LogP contribution in [0.25, 0.3) is 11.1 Å². The van der Waals surface area contributed by atoms with Crippen LogP contribution in [0.3, 0.4) is 0 Å². The van der Waals surface area contributed by atoms with Crippen LogP contribution >= 0.6 is 0 Å². The minimum absolute atomic E-state index is 1.28. The second-order valence-electron chi connectivity index (χ2n) is 2.96. The summed E-state index contributed by atoms with van der Waals surface area (Å²) in [6.45, 7) is 0. The van der Waals surface area contributed by atoms with Crippen LogP contribution in [0, 0.1) is 22.1 Å². The van der Waals surface area contributed by atoms with Crippen molar-refractivity contribution in [1.82, 2.24) is 9.82 Å². The minimum atomic E-state index is 1.28. The van der Waals surface area contributed by atoms with E-state index in [-0.39, 0.29) is 0 Å². The molecule has 0 spiro atoms. The lowest BCUT2D eigenvalue weighted by Crippen LogP contribution is -1.73. The molecular formula is C12H14N6+2. The minimum Gasteiger partial charge on any atom is -0.0622 e. The van der Waals surface area contributed by atoms with Crippen LogP contribution in [0.5, 0.6) is 0 Å². The predicted molar refractivity (Wildman–Crippen MR) is 67.0 cm³/mol. The highest BCUT2D eigenvalue weighted by molar-refractivity contribution is 5.62. The Morgan fingerprint density at radius 3 is 0.944 bits per heavy atom. The van der Waals surface area contributed by atoms with Gasteiger partial charge >= 0.3 is 0 Å². The zero-order chi connectivity index (χ0) is 13.6. The van der Waals surface area contributed by atoms with E-state index in [9.17, 15) is 0 Å². The Bertz CT molecular complexity index is 447. The van der Waals surface area contributed by atoms with E-state index in [2.05, 4.69) is 48.5 Å². The van der Waals surface area contributed by atoms with Crippen molar-refractivity contribution >= 4 is 0 Å². The van der Waals surface area contributed by atoms with Gasteiger partial charge in [-0.1, -0.05) is 60.7 Å². The summed E-state index contributed by atoms with van der Waals surface area (Å²) in [5.74, 6) is 0. The fourth-order valence-corrected chi connectivity index (χ4v) is 1.26. The van der Waals surface area contributed by atoms with E-state index in [4.69, 9.17) is 22.1 Å². The molecule has 0 aromatic heterocycles. The van der Waals surface area contributed by atoms with Crippen LogP contribution in [-0.4, -0.2) is 0 Å². The van der Waals surface area contributed by atoms with E-state index in [1.54, 1.807) is 0 Å². The smallest absolute Gasteiger partial charge is 0.0622 e. The van der Waals surface area contributed by atoms with Gasteiger partial charge in [-0.25, -0.2) is 0 Å². The number of hydrogen-bond donors (Lipinski definition) is 4. The van der Waals surface area contributed by atoms with Crippen LogP contribution in [0.4, 0.5) is 0 Å². The molecule has 2 rings (SSSR count). The summed E-state index contributed by atoms with van der Waals surface area (Å²) in [6, 6.07) is 20.8. The molecule has 0 fully saturated rings. The number of nitrogens with zero attached hydrogens (tertiary/aromatic N) is 2. The van der Waals surface area contributed by atoms with Crippen molar-refractivity contribution in [3.8, 4) is 11.1 Å². The van der Waals surface area contributed by atoms with Crippen molar-refractivity contribution in [3.63, 3.8) is 0 Å². The van der Waals surface area contributed by atoms with Crippen molar-refractivity contribution in [2.45, 2.75) is 0 Å². The Balaban J connectivity index is 0.000000414. The molecule has 2 aromatic carbocycles. The highest BCUT2D eigenvalue weighted by Gasteiger charge is 1.91. The largest absolute Gasteiger partial charge is 0.211 e. The Morgan fingerprint density at radius 1 is 0.500 bits per heavy atom. The Hall–Kier alpha value is -2.94. The summed E-state index contributed by atoms with van der Waals surface area (Å²) in [4.78, 5) is 4.00. The van der Waals surface area contributed by atoms with Gasteiger partial charge in [-0.2, -0.15) is 0 Å². The molecular weight excluding hydrogens is 228 g/mol. The molecule has 4 N–H and O–H groups in total. The number of benzene rings is 2. The number of nitrogens with one attached hydrogen (secondary N) is 4. The summed E-state index contributed by atoms with van der Waals surface area (Å²) in [6.07, 6.45) is 0. The summed E-state index contributed by atoms with van der Waals surface area (Å²) < 4.78 is 0. The van der Waals surface area contributed by atoms with E-state index >= 15 is 0 Å². The van der Waals surface area contributed by atoms with Crippen LogP contribution in [0.1, 0.15) is 0 Å². The Morgan fingerprint density at radius 2 is 0.722 bits per heavy atom. The molecule has 0 saturated heterocycles. The van der Waals surface area contributed by atoms with Gasteiger partial charge in [0.05, 0.1) is 0 Å². The lowest BCUT2D eigenvalue weighted by Gasteiger charge is -1.98. The van der Waals surface area contributed by atoms with Crippen molar-refractivity contribution in [1.29, 1.82) is 22.1 Å². The molecule has 2 aromatic rings. The van der Waals surface area contributed by atoms with Crippen molar-refractivity contribution in [2.24, 2.45) is 0 Å². The summed E-state index contributed by atoms with van der Waals surface area (Å²) in [7, 11) is 0. The average Bonchev–Trinajstić information content (AvgIpc) is 2.43. The predicted octanol–water partition coefficient (Wildman–Crippen LogP) is 3.58. The third kappa shape index (κ3) is 6.53. The molecule has 0 aliphatic carbocycles. The fourth-order valence-electron chi connectivity index (χ4n) is 1.26. The topological polar surface area (TPSA) is 124 Å². The molecule has 0 atom stereocenters. The molecule has 0 saturated carbocycles. The SMILES string of the molecule is N=[N+]=N.N=[N+]=N.c1ccc(-c2ccccc2)cc1. The van der Waals surface area contributed by atoms with Gasteiger partial charge in [-0.3, -0.25) is 0 Å². The van der Waals surface area contributed by atoms with Crippen LogP contribution in [0.2, 0.25) is 0 Å². The third-order valence-electron chi connectivity index (χ3n) is 1.88. The maximum Gasteiger partial charge on any atom is 0.211 e. The van der Waals surface area contributed by atoms with E-state index in [0.717, 1.165) is 0 Å². The Kier molecular flexibility index (Phi) is 8.85. The van der Waals surface area contributed by atoms with E-state index in [1.165, 1.54) is 11.1 Å². The zero-order valence-electron chi connectivity index (χ0n) is 9.67. The molecule has 0 amide bonds. The standard InChI is InChI=1S/C12H10.2H2N3/c1-3-7-11(8-4-1)12-9-5-2-6-10-12;2*1-3-2/h1-10H;2*1-2H/q;2*+1. The van der Waals surface area contributed by atoms with Crippen LogP contribution < -0.4 is 9.82 Å². The fraction of sp³-hybridized carbons (Fsp3) is 0. The summed E-state index contributed by atoms with van der Waals surface area (Å²) >= 11 is 0. The van der Waals surface area contributed by atoms with Gasteiger partial charge in [0.2, 0.25) is 9.82 Å². The normalized spacial score (nSPS) is 7.33. The first-order valence-corrected chi connectivity index (χ1v) is 4.97. The molecule has 0 aliphatic rings. The summed E-state index contributed by atoms with van der Waals surface area (Å²) in [5.41, 5.74) is 24.6. The van der Waals surface area contributed by atoms with Crippen LogP contribution in [-0.2, 0) is 0 Å². The van der Waals surface area contributed by atoms with E-state index in [0.29, 0.717) is 0 Å². The summed E-state index contributed by atoms with van der Waals surface area (Å²) in [5, 5.41) is 0. The van der Waals surface area contributed by atoms with Gasteiger partial charge in [0.25, 0.3) is 0 Å². The third-order valence-corrected chi connectivity index (χ3v) is 1.88. The first-order valence-electron chi connectivity index (χ1n) is 4.97. The number of rotatable bonds is 1. The van der Waals surface area contributed by atoms with Crippen molar-refractivity contribution in [2.75, 3.05) is 0 Å². The quantitative estimate of drug-likeness (QED) is 0.431. The lowest BCUT2D eigenvalue weighted by molar-refractivity contribution is 0.928. The zero-order valence-corrected chi connectivity index (χ0v) is 9.67. The van der Waals surface area contributed by atoms with Gasteiger partial charge in [0.1, 0.15) is 22.1 Å². The second kappa shape index (κ2) is 10.6. The highest BCUT2D eigenvalue weighted by atomic mass is 15.0. The first-order chi connectivity index (χ1) is 8.79. The second-order valence-corrected chi connectivity index (χ2v) is 2.96. The van der Waals surface area contributed by atoms with Gasteiger partial charge in [0.15, 0.2) is 0 Å². The molecule has 0 radical (unpaired) electrons. The van der Waals surface area contributed by atoms with Gasteiger partial charge in [-0.15, -0.1) is 0 Å². The lowest BCUT2D eigenvalue weighted by atomic mass is 10.1. The van der Waals surface area contributed by atoms with Gasteiger partial charge in [0, 0.05) is 0 Å². The number of hydrogen-bond acceptors (Lipinski definition) is 4. The van der Waals surface area contributed by atoms with E-state index < -0.39 is 0 Å². The van der Waals surface area contributed by atoms with Gasteiger partial charge in [-0.05, 0) is 11.1 Å². The average molecular weight is 242 g/mol. The van der Waals surface area contributed by atoms with Gasteiger partial charge < -0.3 is 0 Å². The maximum absolute atomic E-state index is 5.50. The monoisotopic (exact) mass is 242 g/mol. The Labute approximate surface area is 104 Å². The first kappa shape index (κ1) is 15.1. The maximum atomic E-state index is 5.50. The molecule has 0 unspecified atom stereocenters. The van der Waals surface area contributed by atoms with Crippen molar-refractivity contribution < 1.29 is 0 Å². The molecule has 6 nitrogen and oxygen atoms in total. The molecule has 18 heavy (non-hydrogen) atoms. The molecule has 0 aliphatic heterocycles. The molecule has 0 heterocycles. The molecule has 6 heteroatoms. The van der Waals surface area contributed by atoms with E-state index in [1.807, 2.05) is 22.0 Å². The van der Waals surface area contributed by atoms with Crippen molar-refractivity contribution in [3.05, 3.63) is 60.7 Å². The highest BCUT2D eigenvalue weighted by Crippen LogP contribution is 2.17. The molecule has 0 bridgehead atoms.